The van der Waals surface area contributed by atoms with Gasteiger partial charge in [0.25, 0.3) is 11.5 Å². The maximum Gasteiger partial charge on any atom is 0.328 e. The number of aromatic amines is 1. The first kappa shape index (κ1) is 22.7. The molecular weight excluding hydrogens is 427 g/mol. The number of H-pyrrole nitrogens is 1. The van der Waals surface area contributed by atoms with Crippen molar-refractivity contribution in [1.29, 1.82) is 0 Å². The molecule has 2 N–H and O–H groups in total. The van der Waals surface area contributed by atoms with E-state index in [-0.39, 0.29) is 22.9 Å². The topological polar surface area (TPSA) is 103 Å². The zero-order valence-corrected chi connectivity index (χ0v) is 19.1. The van der Waals surface area contributed by atoms with Crippen LogP contribution in [0.1, 0.15) is 28.7 Å². The number of amides is 1. The molecule has 10 heteroatoms. The number of nitrogens with one attached hydrogen (secondary N) is 2. The Labute approximate surface area is 189 Å². The van der Waals surface area contributed by atoms with Crippen molar-refractivity contribution < 1.29 is 9.18 Å². The van der Waals surface area contributed by atoms with E-state index in [1.54, 1.807) is 25.2 Å². The van der Waals surface area contributed by atoms with Crippen molar-refractivity contribution in [3.8, 4) is 0 Å². The summed E-state index contributed by atoms with van der Waals surface area (Å²) >= 11 is 0. The van der Waals surface area contributed by atoms with Crippen LogP contribution in [0.25, 0.3) is 10.9 Å². The van der Waals surface area contributed by atoms with E-state index in [2.05, 4.69) is 32.0 Å². The molecule has 174 valence electrons. The second-order valence-electron chi connectivity index (χ2n) is 8.41. The lowest BCUT2D eigenvalue weighted by atomic mass is 10.1. The quantitative estimate of drug-likeness (QED) is 0.613. The molecule has 4 rings (SSSR count). The standard InChI is InChI=1S/C23H27FN6O3/c1-13-11-29(9-10-30(13)18-8-7-17(21(31)25-3)26-14(18)2)12-15-5-6-16-20(19(15)24)27-23(33)28(4)22(16)32/h5-8,13H,9-12H2,1-4H3,(H,25,31)(H,27,33). The molecule has 2 aromatic heterocycles. The van der Waals surface area contributed by atoms with Gasteiger partial charge in [-0.15, -0.1) is 0 Å². The van der Waals surface area contributed by atoms with Gasteiger partial charge in [0.1, 0.15) is 5.69 Å². The molecule has 9 nitrogen and oxygen atoms in total. The first-order chi connectivity index (χ1) is 15.7. The number of pyridine rings is 1. The molecule has 1 aliphatic rings. The van der Waals surface area contributed by atoms with Gasteiger partial charge in [-0.25, -0.2) is 14.2 Å². The summed E-state index contributed by atoms with van der Waals surface area (Å²) in [7, 11) is 2.93. The maximum absolute atomic E-state index is 15.1. The molecule has 0 bridgehead atoms. The number of anilines is 1. The number of hydrogen-bond acceptors (Lipinski definition) is 6. The highest BCUT2D eigenvalue weighted by molar-refractivity contribution is 5.92. The fraction of sp³-hybridized carbons (Fsp3) is 0.391. The highest BCUT2D eigenvalue weighted by Gasteiger charge is 2.26. The normalized spacial score (nSPS) is 16.9. The van der Waals surface area contributed by atoms with Crippen LogP contribution in [0.4, 0.5) is 10.1 Å². The summed E-state index contributed by atoms with van der Waals surface area (Å²) in [5.41, 5.74) is 1.35. The number of benzene rings is 1. The van der Waals surface area contributed by atoms with Gasteiger partial charge in [0, 0.05) is 51.9 Å². The summed E-state index contributed by atoms with van der Waals surface area (Å²) in [6.45, 7) is 6.46. The SMILES string of the molecule is CNC(=O)c1ccc(N2CCN(Cc3ccc4c(=O)n(C)c(=O)[nH]c4c3F)CC2C)c(C)n1. The molecule has 1 aromatic carbocycles. The van der Waals surface area contributed by atoms with Gasteiger partial charge < -0.3 is 15.2 Å². The lowest BCUT2D eigenvalue weighted by molar-refractivity contribution is 0.0958. The van der Waals surface area contributed by atoms with Crippen molar-refractivity contribution in [3.63, 3.8) is 0 Å². The van der Waals surface area contributed by atoms with Crippen LogP contribution in [0.2, 0.25) is 0 Å². The predicted octanol–water partition coefficient (Wildman–Crippen LogP) is 1.14. The number of rotatable bonds is 4. The summed E-state index contributed by atoms with van der Waals surface area (Å²) in [5, 5.41) is 2.73. The van der Waals surface area contributed by atoms with Gasteiger partial charge in [-0.2, -0.15) is 0 Å². The Morgan fingerprint density at radius 1 is 1.24 bits per heavy atom. The molecule has 1 atom stereocenters. The summed E-state index contributed by atoms with van der Waals surface area (Å²) in [6.07, 6.45) is 0. The minimum atomic E-state index is -0.641. The molecule has 0 spiro atoms. The zero-order chi connectivity index (χ0) is 23.9. The highest BCUT2D eigenvalue weighted by atomic mass is 19.1. The van der Waals surface area contributed by atoms with E-state index in [1.807, 2.05) is 13.0 Å². The molecule has 3 heterocycles. The lowest BCUT2D eigenvalue weighted by Gasteiger charge is -2.41. The van der Waals surface area contributed by atoms with Crippen LogP contribution in [-0.4, -0.2) is 58.1 Å². The number of carbonyl (C=O) groups is 1. The van der Waals surface area contributed by atoms with Crippen LogP contribution < -0.4 is 21.5 Å². The van der Waals surface area contributed by atoms with Gasteiger partial charge in [0.15, 0.2) is 5.82 Å². The van der Waals surface area contributed by atoms with Crippen LogP contribution in [0.5, 0.6) is 0 Å². The van der Waals surface area contributed by atoms with E-state index >= 15 is 4.39 Å². The lowest BCUT2D eigenvalue weighted by Crippen LogP contribution is -2.52. The molecule has 1 aliphatic heterocycles. The fourth-order valence-electron chi connectivity index (χ4n) is 4.39. The number of carbonyl (C=O) groups excluding carboxylic acids is 1. The number of fused-ring (bicyclic) bond motifs is 1. The van der Waals surface area contributed by atoms with Crippen molar-refractivity contribution in [2.45, 2.75) is 26.4 Å². The van der Waals surface area contributed by atoms with Crippen LogP contribution in [-0.2, 0) is 13.6 Å². The summed E-state index contributed by atoms with van der Waals surface area (Å²) < 4.78 is 16.1. The van der Waals surface area contributed by atoms with E-state index < -0.39 is 17.1 Å². The summed E-state index contributed by atoms with van der Waals surface area (Å²) in [4.78, 5) is 47.3. The Morgan fingerprint density at radius 3 is 2.67 bits per heavy atom. The maximum atomic E-state index is 15.1. The Morgan fingerprint density at radius 2 is 2.00 bits per heavy atom. The Hall–Kier alpha value is -3.53. The number of hydrogen-bond donors (Lipinski definition) is 2. The van der Waals surface area contributed by atoms with Crippen molar-refractivity contribution in [1.82, 2.24) is 24.8 Å². The summed E-state index contributed by atoms with van der Waals surface area (Å²) in [5.74, 6) is -0.790. The Balaban J connectivity index is 1.52. The second kappa shape index (κ2) is 8.78. The van der Waals surface area contributed by atoms with E-state index in [0.29, 0.717) is 30.9 Å². The monoisotopic (exact) mass is 454 g/mol. The molecule has 0 aliphatic carbocycles. The molecule has 1 amide bonds. The van der Waals surface area contributed by atoms with Gasteiger partial charge in [0.05, 0.1) is 22.3 Å². The Bertz CT molecular complexity index is 1350. The van der Waals surface area contributed by atoms with Crippen LogP contribution in [0.3, 0.4) is 0 Å². The van der Waals surface area contributed by atoms with Crippen LogP contribution in [0.15, 0.2) is 33.9 Å². The van der Waals surface area contributed by atoms with E-state index in [0.717, 1.165) is 22.5 Å². The number of halogens is 1. The van der Waals surface area contributed by atoms with Crippen molar-refractivity contribution in [2.24, 2.45) is 7.05 Å². The minimum Gasteiger partial charge on any atom is -0.365 e. The largest absolute Gasteiger partial charge is 0.365 e. The van der Waals surface area contributed by atoms with E-state index in [4.69, 9.17) is 0 Å². The minimum absolute atomic E-state index is 0.0508. The van der Waals surface area contributed by atoms with Crippen LogP contribution >= 0.6 is 0 Å². The number of aromatic nitrogens is 3. The van der Waals surface area contributed by atoms with Crippen molar-refractivity contribution in [3.05, 3.63) is 67.9 Å². The first-order valence-corrected chi connectivity index (χ1v) is 10.8. The molecule has 1 saturated heterocycles. The van der Waals surface area contributed by atoms with E-state index in [9.17, 15) is 14.4 Å². The molecule has 0 saturated carbocycles. The third kappa shape index (κ3) is 4.13. The van der Waals surface area contributed by atoms with E-state index in [1.165, 1.54) is 7.05 Å². The molecule has 1 unspecified atom stereocenters. The first-order valence-electron chi connectivity index (χ1n) is 10.8. The predicted molar refractivity (Wildman–Crippen MR) is 124 cm³/mol. The third-order valence-corrected chi connectivity index (χ3v) is 6.23. The number of nitrogens with zero attached hydrogens (tertiary/aromatic N) is 4. The van der Waals surface area contributed by atoms with Gasteiger partial charge in [-0.3, -0.25) is 19.1 Å². The van der Waals surface area contributed by atoms with Crippen LogP contribution in [0, 0.1) is 12.7 Å². The van der Waals surface area contributed by atoms with Crippen molar-refractivity contribution in [2.75, 3.05) is 31.6 Å². The van der Waals surface area contributed by atoms with Gasteiger partial charge in [0.2, 0.25) is 0 Å². The molecule has 33 heavy (non-hydrogen) atoms. The second-order valence-corrected chi connectivity index (χ2v) is 8.41. The van der Waals surface area contributed by atoms with Gasteiger partial charge in [-0.05, 0) is 32.0 Å². The highest BCUT2D eigenvalue weighted by Crippen LogP contribution is 2.25. The summed E-state index contributed by atoms with van der Waals surface area (Å²) in [6, 6.07) is 6.95. The Kier molecular flexibility index (Phi) is 6.03. The molecular formula is C23H27FN6O3. The third-order valence-electron chi connectivity index (χ3n) is 6.23. The smallest absolute Gasteiger partial charge is 0.328 e. The van der Waals surface area contributed by atoms with Crippen molar-refractivity contribution >= 4 is 22.5 Å². The zero-order valence-electron chi connectivity index (χ0n) is 19.1. The number of piperazine rings is 1. The molecule has 1 fully saturated rings. The average molecular weight is 455 g/mol. The molecule has 0 radical (unpaired) electrons. The average Bonchev–Trinajstić information content (AvgIpc) is 2.79. The molecule has 3 aromatic rings. The van der Waals surface area contributed by atoms with Gasteiger partial charge in [-0.1, -0.05) is 6.07 Å². The number of aryl methyl sites for hydroxylation is 1. The fourth-order valence-corrected chi connectivity index (χ4v) is 4.39. The van der Waals surface area contributed by atoms with Gasteiger partial charge >= 0.3 is 5.69 Å².